The number of aliphatic hydroxyl groups excluding tert-OH is 11. The normalized spacial score (nSPS) is 48.1. The Labute approximate surface area is 367 Å². The van der Waals surface area contributed by atoms with E-state index in [0.717, 1.165) is 20.8 Å². The fourth-order valence-corrected chi connectivity index (χ4v) is 8.61. The summed E-state index contributed by atoms with van der Waals surface area (Å²) in [6.45, 7) is -0.932. The van der Waals surface area contributed by atoms with E-state index in [9.17, 15) is 80.5 Å². The van der Waals surface area contributed by atoms with E-state index < -0.39 is 203 Å². The average Bonchev–Trinajstić information content (AvgIpc) is 3.25. The smallest absolute Gasteiger partial charge is 0.335 e. The van der Waals surface area contributed by atoms with Crippen molar-refractivity contribution >= 4 is 23.7 Å². The summed E-state index contributed by atoms with van der Waals surface area (Å²) in [5, 5.41) is 138. The van der Waals surface area contributed by atoms with Crippen LogP contribution in [0.4, 0.5) is 0 Å². The van der Waals surface area contributed by atoms with E-state index in [-0.39, 0.29) is 0 Å². The van der Waals surface area contributed by atoms with E-state index in [2.05, 4.69) is 16.0 Å². The third-order valence-corrected chi connectivity index (χ3v) is 11.7. The number of carbonyl (C=O) groups excluding carboxylic acids is 3. The summed E-state index contributed by atoms with van der Waals surface area (Å²) in [7, 11) is 0. The summed E-state index contributed by atoms with van der Waals surface area (Å²) < 4.78 is 59.5. The summed E-state index contributed by atoms with van der Waals surface area (Å²) in [6.07, 6.45) is -43.6. The molecule has 65 heavy (non-hydrogen) atoms. The molecule has 15 N–H and O–H groups in total. The van der Waals surface area contributed by atoms with Crippen LogP contribution >= 0.6 is 0 Å². The maximum absolute atomic E-state index is 13.0. The number of rotatable bonds is 10. The van der Waals surface area contributed by atoms with E-state index in [1.807, 2.05) is 0 Å². The highest BCUT2D eigenvalue weighted by atomic mass is 16.8. The Kier molecular flexibility index (Phi) is 17.1. The lowest BCUT2D eigenvalue weighted by Gasteiger charge is -2.52. The van der Waals surface area contributed by atoms with Crippen molar-refractivity contribution in [3.05, 3.63) is 0 Å². The van der Waals surface area contributed by atoms with Gasteiger partial charge in [-0.2, -0.15) is 0 Å². The van der Waals surface area contributed by atoms with Gasteiger partial charge in [0.25, 0.3) is 0 Å². The van der Waals surface area contributed by atoms with Gasteiger partial charge in [-0.3, -0.25) is 14.4 Å². The Hall–Kier alpha value is -2.96. The molecule has 11 aliphatic rings. The molecule has 11 saturated heterocycles. The van der Waals surface area contributed by atoms with Gasteiger partial charge >= 0.3 is 5.97 Å². The summed E-state index contributed by atoms with van der Waals surface area (Å²) in [6, 6.07) is -5.21. The number of amides is 3. The van der Waals surface area contributed by atoms with Crippen molar-refractivity contribution in [1.82, 2.24) is 16.0 Å². The van der Waals surface area contributed by atoms with Crippen LogP contribution in [0.15, 0.2) is 0 Å². The largest absolute Gasteiger partial charge is 0.479 e. The van der Waals surface area contributed by atoms with Crippen LogP contribution in [-0.2, 0) is 66.5 Å². The van der Waals surface area contributed by atoms with Crippen LogP contribution in [0.2, 0.25) is 0 Å². The van der Waals surface area contributed by atoms with Crippen molar-refractivity contribution in [2.45, 2.75) is 174 Å². The van der Waals surface area contributed by atoms with Crippen molar-refractivity contribution in [3.63, 3.8) is 0 Å². The number of carbonyl (C=O) groups is 4. The summed E-state index contributed by atoms with van der Waals surface area (Å²) in [5.74, 6) is -4.31. The highest BCUT2D eigenvalue weighted by Gasteiger charge is 2.60. The zero-order chi connectivity index (χ0) is 47.8. The van der Waals surface area contributed by atoms with Gasteiger partial charge in [0.15, 0.2) is 37.6 Å². The quantitative estimate of drug-likeness (QED) is 0.0967. The second-order valence-electron chi connectivity index (χ2n) is 16.3. The molecular weight excluding hydrogens is 890 g/mol. The predicted octanol–water partition coefficient (Wildman–Crippen LogP) is -10.4. The zero-order valence-corrected chi connectivity index (χ0v) is 34.8. The van der Waals surface area contributed by atoms with Crippen LogP contribution in [0.25, 0.3) is 0 Å². The summed E-state index contributed by atoms with van der Waals surface area (Å²) >= 11 is 0. The van der Waals surface area contributed by atoms with Crippen LogP contribution in [0, 0.1) is 0 Å². The van der Waals surface area contributed by atoms with E-state index in [1.54, 1.807) is 0 Å². The van der Waals surface area contributed by atoms with Gasteiger partial charge in [-0.25, -0.2) is 4.79 Å². The van der Waals surface area contributed by atoms with Crippen LogP contribution in [0.1, 0.15) is 20.8 Å². The molecule has 0 saturated carbocycles. The van der Waals surface area contributed by atoms with Crippen LogP contribution < -0.4 is 16.0 Å². The molecule has 11 aliphatic heterocycles. The second kappa shape index (κ2) is 21.6. The Bertz CT molecular complexity index is 1650. The minimum absolute atomic E-state index is 0.780. The topological polar surface area (TPSA) is 439 Å². The molecule has 25 atom stereocenters. The summed E-state index contributed by atoms with van der Waals surface area (Å²) in [5.41, 5.74) is 0. The molecule has 11 fully saturated rings. The molecule has 0 aromatic heterocycles. The van der Waals surface area contributed by atoms with Gasteiger partial charge in [0.1, 0.15) is 116 Å². The molecule has 11 heterocycles. The third kappa shape index (κ3) is 10.7. The van der Waals surface area contributed by atoms with Crippen LogP contribution in [0.5, 0.6) is 0 Å². The molecule has 0 aromatic rings. The molecule has 0 unspecified atom stereocenters. The number of ether oxygens (including phenoxy) is 10. The fourth-order valence-electron chi connectivity index (χ4n) is 8.61. The molecule has 0 aromatic carbocycles. The first-order valence-electron chi connectivity index (χ1n) is 20.5. The molecule has 0 spiro atoms. The molecule has 29 nitrogen and oxygen atoms in total. The summed E-state index contributed by atoms with van der Waals surface area (Å²) in [4.78, 5) is 50.8. The van der Waals surface area contributed by atoms with E-state index in [0.29, 0.717) is 0 Å². The number of aliphatic hydroxyl groups is 11. The number of carboxylic acids is 1. The number of carboxylic acid groups (broad SMARTS) is 1. The van der Waals surface area contributed by atoms with Crippen LogP contribution in [0.3, 0.4) is 0 Å². The van der Waals surface area contributed by atoms with Gasteiger partial charge in [-0.05, 0) is 0 Å². The lowest BCUT2D eigenvalue weighted by atomic mass is 9.92. The molecule has 8 bridgehead atoms. The van der Waals surface area contributed by atoms with E-state index in [4.69, 9.17) is 47.4 Å². The van der Waals surface area contributed by atoms with Gasteiger partial charge < -0.3 is 125 Å². The van der Waals surface area contributed by atoms with Crippen molar-refractivity contribution in [3.8, 4) is 0 Å². The molecule has 0 aliphatic carbocycles. The maximum atomic E-state index is 13.0. The highest BCUT2D eigenvalue weighted by Crippen LogP contribution is 2.38. The monoisotopic (exact) mass is 947 g/mol. The van der Waals surface area contributed by atoms with Crippen molar-refractivity contribution in [1.29, 1.82) is 0 Å². The van der Waals surface area contributed by atoms with Gasteiger partial charge in [-0.1, -0.05) is 0 Å². The molecule has 29 heteroatoms. The maximum Gasteiger partial charge on any atom is 0.335 e. The fraction of sp³-hybridized carbons (Fsp3) is 0.889. The SMILES string of the molecule is CC(=O)N[C@H]1[C@H](O[C@@H]2[C@@H](NC(C)=O)[C@H]3O[C@H]4[C@H](O)[C@@H](O)[C@@H](O[C@H]5[C@H](O)[C@@H](O)[C@H](O[C@H]6[C@@H](O)[C@@H](CO)O[C@@H](O[C@H]2[C@@H](CO)O3)[C@@H]6NC(C)=O)O[C@H]5C(=O)O)O[C@@H]4CO)O[C@H](CO)[C@@H](O)[C@@H]1O. The van der Waals surface area contributed by atoms with Crippen molar-refractivity contribution in [2.75, 3.05) is 26.4 Å². The molecule has 11 rings (SSSR count). The van der Waals surface area contributed by atoms with Crippen molar-refractivity contribution in [2.24, 2.45) is 0 Å². The number of nitrogens with one attached hydrogen (secondary N) is 3. The number of aliphatic carboxylic acids is 1. The van der Waals surface area contributed by atoms with Gasteiger partial charge in [0.05, 0.1) is 26.4 Å². The average molecular weight is 948 g/mol. The Balaban J connectivity index is 1.54. The molecule has 0 radical (unpaired) electrons. The second-order valence-corrected chi connectivity index (χ2v) is 16.3. The first-order valence-corrected chi connectivity index (χ1v) is 20.5. The predicted molar refractivity (Wildman–Crippen MR) is 199 cm³/mol. The first kappa shape index (κ1) is 51.4. The third-order valence-electron chi connectivity index (χ3n) is 11.7. The van der Waals surface area contributed by atoms with Crippen LogP contribution in [-0.4, -0.2) is 265 Å². The minimum Gasteiger partial charge on any atom is -0.479 e. The van der Waals surface area contributed by atoms with Gasteiger partial charge in [-0.15, -0.1) is 0 Å². The van der Waals surface area contributed by atoms with Crippen molar-refractivity contribution < 1.29 is 128 Å². The number of hydrogen-bond donors (Lipinski definition) is 15. The minimum atomic E-state index is -2.28. The lowest BCUT2D eigenvalue weighted by Crippen LogP contribution is -2.72. The van der Waals surface area contributed by atoms with E-state index >= 15 is 0 Å². The molecular formula is C36H57N3O26. The number of hydrogen-bond acceptors (Lipinski definition) is 25. The Morgan fingerprint density at radius 3 is 1.43 bits per heavy atom. The Morgan fingerprint density at radius 1 is 0.431 bits per heavy atom. The molecule has 3 amide bonds. The Morgan fingerprint density at radius 2 is 0.862 bits per heavy atom. The standard InChI is InChI=1S/C36H57N3O26/c1-8(44)37-15-20(49)18(47)11(4-40)56-32(15)63-28-17(39-10(3)46)34-58-14(7-43)26(28)61-33-16(38-9(2)45)27(19(48)12(5-41)57-33)62-36-24(53)22(51)29(30(65-36)31(54)55)64-35-23(52)21(50)25(60-34)13(6-42)59-35/h11-30,32-36,40-43,47-53H,4-7H2,1-3H3,(H,37,44)(H,38,45)(H,39,46)(H,54,55)/t11-,12-,13-,14-,15-,16-,17-,18-,19+,20-,21-,22-,23-,24-,25-,26+,27-,28-,29+,30-,32+,33+,34-,35-,36-/m1/s1. The van der Waals surface area contributed by atoms with Gasteiger partial charge in [0.2, 0.25) is 17.7 Å². The zero-order valence-electron chi connectivity index (χ0n) is 34.8. The van der Waals surface area contributed by atoms with E-state index in [1.165, 1.54) is 0 Å². The highest BCUT2D eigenvalue weighted by molar-refractivity contribution is 5.74. The first-order chi connectivity index (χ1) is 30.7. The van der Waals surface area contributed by atoms with Gasteiger partial charge in [0, 0.05) is 20.8 Å². The molecule has 372 valence electrons. The lowest BCUT2D eigenvalue weighted by molar-refractivity contribution is -0.378.